The average molecular weight is 947 g/mol. The molecule has 400 valence electrons. The van der Waals surface area contributed by atoms with Gasteiger partial charge in [0.25, 0.3) is 0 Å². The first-order valence-electron chi connectivity index (χ1n) is 31.0. The molecule has 0 aromatic rings. The Morgan fingerprint density at radius 1 is 0.299 bits per heavy atom. The van der Waals surface area contributed by atoms with Crippen molar-refractivity contribution in [2.24, 2.45) is 11.8 Å². The molecule has 0 radical (unpaired) electrons. The summed E-state index contributed by atoms with van der Waals surface area (Å²) in [6.45, 7) is 17.4. The minimum atomic E-state index is 0.0808. The molecule has 0 fully saturated rings. The normalized spacial score (nSPS) is 13.1. The lowest BCUT2D eigenvalue weighted by atomic mass is 9.94. The van der Waals surface area contributed by atoms with Crippen LogP contribution in [0, 0.1) is 11.8 Å². The summed E-state index contributed by atoms with van der Waals surface area (Å²) in [5.41, 5.74) is 0. The van der Waals surface area contributed by atoms with Crippen molar-refractivity contribution >= 4 is 11.9 Å². The zero-order valence-electron chi connectivity index (χ0n) is 46.9. The summed E-state index contributed by atoms with van der Waals surface area (Å²) in [6.07, 6.45) is 59.4. The topological polar surface area (TPSA) is 55.8 Å². The highest BCUT2D eigenvalue weighted by molar-refractivity contribution is 5.72. The zero-order chi connectivity index (χ0) is 48.9. The highest BCUT2D eigenvalue weighted by Crippen LogP contribution is 2.23. The fraction of sp³-hybridized carbons (Fsp3) is 0.968. The third-order valence-electron chi connectivity index (χ3n) is 15.1. The number of hydrogen-bond acceptors (Lipinski definition) is 5. The van der Waals surface area contributed by atoms with Gasteiger partial charge in [0.2, 0.25) is 0 Å². The van der Waals surface area contributed by atoms with E-state index in [-0.39, 0.29) is 23.8 Å². The first kappa shape index (κ1) is 65.9. The van der Waals surface area contributed by atoms with Gasteiger partial charge in [-0.25, -0.2) is 0 Å². The molecule has 0 amide bonds. The Kier molecular flexibility index (Phi) is 53.3. The summed E-state index contributed by atoms with van der Waals surface area (Å²) in [5, 5.41) is 0. The van der Waals surface area contributed by atoms with Crippen LogP contribution in [-0.2, 0) is 19.1 Å². The van der Waals surface area contributed by atoms with Crippen LogP contribution in [0.2, 0.25) is 0 Å². The second-order valence-corrected chi connectivity index (χ2v) is 21.6. The van der Waals surface area contributed by atoms with E-state index in [4.69, 9.17) is 9.47 Å². The van der Waals surface area contributed by atoms with Gasteiger partial charge in [0.1, 0.15) is 0 Å². The second kappa shape index (κ2) is 54.2. The summed E-state index contributed by atoms with van der Waals surface area (Å²) in [4.78, 5) is 29.2. The van der Waals surface area contributed by atoms with E-state index in [0.29, 0.717) is 19.3 Å². The van der Waals surface area contributed by atoms with Crippen molar-refractivity contribution in [2.45, 2.75) is 349 Å². The fourth-order valence-corrected chi connectivity index (χ4v) is 10.2. The van der Waals surface area contributed by atoms with Crippen LogP contribution in [0.15, 0.2) is 0 Å². The van der Waals surface area contributed by atoms with E-state index in [9.17, 15) is 9.59 Å². The summed E-state index contributed by atoms with van der Waals surface area (Å²) in [7, 11) is 0. The van der Waals surface area contributed by atoms with Crippen LogP contribution >= 0.6 is 0 Å². The monoisotopic (exact) mass is 946 g/mol. The van der Waals surface area contributed by atoms with Gasteiger partial charge in [0, 0.05) is 6.04 Å². The van der Waals surface area contributed by atoms with Crippen molar-refractivity contribution in [3.63, 3.8) is 0 Å². The van der Waals surface area contributed by atoms with Gasteiger partial charge in [-0.1, -0.05) is 279 Å². The van der Waals surface area contributed by atoms with E-state index in [1.165, 1.54) is 251 Å². The highest BCUT2D eigenvalue weighted by atomic mass is 16.5. The van der Waals surface area contributed by atoms with E-state index in [1.54, 1.807) is 0 Å². The summed E-state index contributed by atoms with van der Waals surface area (Å²) < 4.78 is 11.9. The van der Waals surface area contributed by atoms with Crippen molar-refractivity contribution in [1.29, 1.82) is 0 Å². The smallest absolute Gasteiger partial charge is 0.308 e. The van der Waals surface area contributed by atoms with Gasteiger partial charge in [-0.05, 0) is 77.8 Å². The zero-order valence-corrected chi connectivity index (χ0v) is 46.9. The first-order chi connectivity index (χ1) is 32.9. The van der Waals surface area contributed by atoms with Crippen molar-refractivity contribution < 1.29 is 19.1 Å². The standard InChI is InChI=1S/C62H123NO4/c1-7-12-17-22-25-26-27-28-29-30-31-32-33-40-49-58(6)63(54-45-36-38-47-56-66-61(64)59(50-41-20-15-10-4)52-43-34-23-18-13-8-2)55-46-37-39-48-57-67-62(65)60(51-42-21-16-11-5)53-44-35-24-19-14-9-3/h58-60H,7-57H2,1-6H3. The van der Waals surface area contributed by atoms with Crippen molar-refractivity contribution in [3.8, 4) is 0 Å². The molecule has 0 aliphatic carbocycles. The fourth-order valence-electron chi connectivity index (χ4n) is 10.2. The summed E-state index contributed by atoms with van der Waals surface area (Å²) >= 11 is 0. The van der Waals surface area contributed by atoms with E-state index in [2.05, 4.69) is 46.4 Å². The van der Waals surface area contributed by atoms with Gasteiger partial charge in [-0.3, -0.25) is 9.59 Å². The molecule has 0 rings (SSSR count). The molecule has 0 N–H and O–H groups in total. The molecule has 0 spiro atoms. The molecule has 5 heteroatoms. The van der Waals surface area contributed by atoms with Crippen LogP contribution in [0.3, 0.4) is 0 Å². The van der Waals surface area contributed by atoms with Crippen LogP contribution in [0.25, 0.3) is 0 Å². The maximum atomic E-state index is 13.2. The highest BCUT2D eigenvalue weighted by Gasteiger charge is 2.21. The van der Waals surface area contributed by atoms with Gasteiger partial charge in [-0.15, -0.1) is 0 Å². The molecule has 0 aliphatic heterocycles. The molecule has 5 nitrogen and oxygen atoms in total. The van der Waals surface area contributed by atoms with E-state index in [0.717, 1.165) is 64.2 Å². The molecule has 0 aromatic heterocycles. The Labute approximate surface area is 421 Å². The summed E-state index contributed by atoms with van der Waals surface area (Å²) in [6, 6.07) is 0.626. The number of nitrogens with zero attached hydrogens (tertiary/aromatic N) is 1. The largest absolute Gasteiger partial charge is 0.465 e. The predicted molar refractivity (Wildman–Crippen MR) is 295 cm³/mol. The maximum Gasteiger partial charge on any atom is 0.308 e. The number of carbonyl (C=O) groups excluding carboxylic acids is 2. The van der Waals surface area contributed by atoms with Crippen LogP contribution < -0.4 is 0 Å². The lowest BCUT2D eigenvalue weighted by Crippen LogP contribution is -2.35. The Bertz CT molecular complexity index is 928. The molecule has 3 unspecified atom stereocenters. The molecular formula is C62H123NO4. The molecular weight excluding hydrogens is 823 g/mol. The first-order valence-corrected chi connectivity index (χ1v) is 31.0. The Hall–Kier alpha value is -1.10. The Morgan fingerprint density at radius 2 is 0.522 bits per heavy atom. The molecule has 0 aromatic carbocycles. The Morgan fingerprint density at radius 3 is 0.821 bits per heavy atom. The van der Waals surface area contributed by atoms with Crippen LogP contribution in [0.1, 0.15) is 343 Å². The van der Waals surface area contributed by atoms with Crippen LogP contribution in [-0.4, -0.2) is 49.2 Å². The third kappa shape index (κ3) is 45.8. The number of carbonyl (C=O) groups is 2. The van der Waals surface area contributed by atoms with Gasteiger partial charge < -0.3 is 14.4 Å². The lowest BCUT2D eigenvalue weighted by molar-refractivity contribution is -0.150. The molecule has 67 heavy (non-hydrogen) atoms. The minimum Gasteiger partial charge on any atom is -0.465 e. The van der Waals surface area contributed by atoms with Gasteiger partial charge in [-0.2, -0.15) is 0 Å². The van der Waals surface area contributed by atoms with E-state index < -0.39 is 0 Å². The average Bonchev–Trinajstić information content (AvgIpc) is 3.33. The SMILES string of the molecule is CCCCCCCCCCCCCCCCC(C)N(CCCCCCOC(=O)C(CCCCCC)CCCCCCCC)CCCCCCOC(=O)C(CCCCCC)CCCCCCCC. The number of hydrogen-bond donors (Lipinski definition) is 0. The van der Waals surface area contributed by atoms with E-state index in [1.807, 2.05) is 0 Å². The second-order valence-electron chi connectivity index (χ2n) is 21.6. The molecule has 0 saturated heterocycles. The summed E-state index contributed by atoms with van der Waals surface area (Å²) in [5.74, 6) is 0.365. The third-order valence-corrected chi connectivity index (χ3v) is 15.1. The minimum absolute atomic E-state index is 0.0808. The quantitative estimate of drug-likeness (QED) is 0.0449. The number of unbranched alkanes of at least 4 members (excludes halogenated alkanes) is 35. The number of rotatable bonds is 56. The van der Waals surface area contributed by atoms with Crippen LogP contribution in [0.4, 0.5) is 0 Å². The van der Waals surface area contributed by atoms with Gasteiger partial charge in [0.15, 0.2) is 0 Å². The molecule has 0 heterocycles. The van der Waals surface area contributed by atoms with Crippen molar-refractivity contribution in [3.05, 3.63) is 0 Å². The predicted octanol–water partition coefficient (Wildman–Crippen LogP) is 20.4. The van der Waals surface area contributed by atoms with Crippen LogP contribution in [0.5, 0.6) is 0 Å². The van der Waals surface area contributed by atoms with E-state index >= 15 is 0 Å². The molecule has 0 saturated carbocycles. The lowest BCUT2D eigenvalue weighted by Gasteiger charge is -2.29. The molecule has 0 aliphatic rings. The van der Waals surface area contributed by atoms with Gasteiger partial charge >= 0.3 is 11.9 Å². The molecule has 0 bridgehead atoms. The number of esters is 2. The van der Waals surface area contributed by atoms with Gasteiger partial charge in [0.05, 0.1) is 25.0 Å². The number of ether oxygens (including phenoxy) is 2. The molecule has 3 atom stereocenters. The van der Waals surface area contributed by atoms with Crippen molar-refractivity contribution in [2.75, 3.05) is 26.3 Å². The Balaban J connectivity index is 4.82. The van der Waals surface area contributed by atoms with Crippen molar-refractivity contribution in [1.82, 2.24) is 4.90 Å². The maximum absolute atomic E-state index is 13.2.